The Morgan fingerprint density at radius 1 is 1.38 bits per heavy atom. The number of hydrogen-bond acceptors (Lipinski definition) is 3. The van der Waals surface area contributed by atoms with Crippen molar-refractivity contribution in [2.45, 2.75) is 12.5 Å². The van der Waals surface area contributed by atoms with Gasteiger partial charge in [0.05, 0.1) is 5.69 Å². The molecule has 1 saturated heterocycles. The number of likely N-dealkylation sites (tertiary alicyclic amines) is 1. The molecule has 1 unspecified atom stereocenters. The molecule has 112 valence electrons. The number of benzene rings is 1. The fraction of sp³-hybridized carbons (Fsp3) is 0.286. The molecular formula is C14H16ClFN4O. The van der Waals surface area contributed by atoms with Crippen LogP contribution in [0.4, 0.5) is 4.39 Å². The summed E-state index contributed by atoms with van der Waals surface area (Å²) in [6, 6.07) is 7.75. The van der Waals surface area contributed by atoms with Crippen LogP contribution in [0.2, 0.25) is 0 Å². The van der Waals surface area contributed by atoms with Gasteiger partial charge in [0.2, 0.25) is 0 Å². The van der Waals surface area contributed by atoms with Crippen LogP contribution in [0.25, 0.3) is 5.69 Å². The van der Waals surface area contributed by atoms with Crippen molar-refractivity contribution in [3.05, 3.63) is 48.0 Å². The third-order valence-corrected chi connectivity index (χ3v) is 3.39. The summed E-state index contributed by atoms with van der Waals surface area (Å²) >= 11 is 0. The summed E-state index contributed by atoms with van der Waals surface area (Å²) in [4.78, 5) is 13.9. The molecule has 1 aromatic carbocycles. The maximum absolute atomic E-state index is 13.2. The highest BCUT2D eigenvalue weighted by Gasteiger charge is 2.25. The van der Waals surface area contributed by atoms with Crippen molar-refractivity contribution in [2.24, 2.45) is 5.73 Å². The van der Waals surface area contributed by atoms with Gasteiger partial charge in [0.25, 0.3) is 5.91 Å². The third kappa shape index (κ3) is 3.22. The molecule has 1 aliphatic heterocycles. The number of amides is 1. The smallest absolute Gasteiger partial charge is 0.274 e. The first-order valence-electron chi connectivity index (χ1n) is 6.50. The second-order valence-electron chi connectivity index (χ2n) is 4.93. The lowest BCUT2D eigenvalue weighted by molar-refractivity contribution is 0.0784. The number of aromatic nitrogens is 2. The molecule has 1 fully saturated rings. The first kappa shape index (κ1) is 15.5. The van der Waals surface area contributed by atoms with Crippen molar-refractivity contribution in [1.29, 1.82) is 0 Å². The van der Waals surface area contributed by atoms with E-state index in [4.69, 9.17) is 5.73 Å². The molecule has 2 N–H and O–H groups in total. The van der Waals surface area contributed by atoms with Crippen LogP contribution in [-0.4, -0.2) is 39.7 Å². The Morgan fingerprint density at radius 3 is 2.86 bits per heavy atom. The molecule has 21 heavy (non-hydrogen) atoms. The average molecular weight is 311 g/mol. The summed E-state index contributed by atoms with van der Waals surface area (Å²) in [6.07, 6.45) is 2.47. The summed E-state index contributed by atoms with van der Waals surface area (Å²) in [6.45, 7) is 1.22. The quantitative estimate of drug-likeness (QED) is 0.916. The number of halogens is 2. The van der Waals surface area contributed by atoms with Crippen LogP contribution >= 0.6 is 12.4 Å². The number of nitrogens with zero attached hydrogens (tertiary/aromatic N) is 3. The van der Waals surface area contributed by atoms with Crippen molar-refractivity contribution in [3.8, 4) is 5.69 Å². The van der Waals surface area contributed by atoms with Gasteiger partial charge < -0.3 is 10.6 Å². The van der Waals surface area contributed by atoms with Crippen LogP contribution in [-0.2, 0) is 0 Å². The normalized spacial score (nSPS) is 17.6. The largest absolute Gasteiger partial charge is 0.336 e. The maximum atomic E-state index is 13.2. The van der Waals surface area contributed by atoms with E-state index in [2.05, 4.69) is 5.10 Å². The lowest BCUT2D eigenvalue weighted by Gasteiger charge is -2.13. The standard InChI is InChI=1S/C14H15FN4O.ClH/c15-10-2-1-3-12(8-10)19-7-5-13(17-19)14(20)18-6-4-11(16)9-18;/h1-3,5,7-8,11H,4,6,9,16H2;1H. The minimum absolute atomic E-state index is 0. The highest BCUT2D eigenvalue weighted by atomic mass is 35.5. The van der Waals surface area contributed by atoms with Crippen LogP contribution < -0.4 is 5.73 Å². The van der Waals surface area contributed by atoms with E-state index >= 15 is 0 Å². The Hall–Kier alpha value is -1.92. The fourth-order valence-electron chi connectivity index (χ4n) is 2.33. The van der Waals surface area contributed by atoms with Crippen molar-refractivity contribution < 1.29 is 9.18 Å². The van der Waals surface area contributed by atoms with Gasteiger partial charge in [0.15, 0.2) is 5.69 Å². The van der Waals surface area contributed by atoms with Crippen LogP contribution in [0.1, 0.15) is 16.9 Å². The zero-order valence-corrected chi connectivity index (χ0v) is 12.1. The molecule has 1 aliphatic rings. The van der Waals surface area contributed by atoms with E-state index in [1.54, 1.807) is 29.3 Å². The molecule has 0 radical (unpaired) electrons. The highest BCUT2D eigenvalue weighted by molar-refractivity contribution is 5.92. The SMILES string of the molecule is Cl.NC1CCN(C(=O)c2ccn(-c3cccc(F)c3)n2)C1. The molecule has 1 atom stereocenters. The van der Waals surface area contributed by atoms with Crippen LogP contribution in [0, 0.1) is 5.82 Å². The maximum Gasteiger partial charge on any atom is 0.274 e. The molecule has 2 aromatic rings. The predicted molar refractivity (Wildman–Crippen MR) is 79.3 cm³/mol. The monoisotopic (exact) mass is 310 g/mol. The van der Waals surface area contributed by atoms with Gasteiger partial charge in [-0.2, -0.15) is 5.10 Å². The number of carbonyl (C=O) groups is 1. The van der Waals surface area contributed by atoms with Gasteiger partial charge in [-0.1, -0.05) is 6.07 Å². The predicted octanol–water partition coefficient (Wildman–Crippen LogP) is 1.61. The molecule has 0 saturated carbocycles. The third-order valence-electron chi connectivity index (χ3n) is 3.39. The second-order valence-corrected chi connectivity index (χ2v) is 4.93. The zero-order chi connectivity index (χ0) is 14.1. The molecular weight excluding hydrogens is 295 g/mol. The van der Waals surface area contributed by atoms with E-state index in [0.29, 0.717) is 24.5 Å². The molecule has 0 spiro atoms. The molecule has 3 rings (SSSR count). The van der Waals surface area contributed by atoms with E-state index in [1.165, 1.54) is 16.8 Å². The van der Waals surface area contributed by atoms with Gasteiger partial charge in [0.1, 0.15) is 5.82 Å². The van der Waals surface area contributed by atoms with Gasteiger partial charge in [-0.15, -0.1) is 12.4 Å². The van der Waals surface area contributed by atoms with E-state index in [0.717, 1.165) is 6.42 Å². The van der Waals surface area contributed by atoms with Gasteiger partial charge >= 0.3 is 0 Å². The minimum atomic E-state index is -0.337. The molecule has 0 bridgehead atoms. The summed E-state index contributed by atoms with van der Waals surface area (Å²) in [5, 5.41) is 4.21. The first-order chi connectivity index (χ1) is 9.63. The number of carbonyl (C=O) groups excluding carboxylic acids is 1. The summed E-state index contributed by atoms with van der Waals surface area (Å²) in [5.41, 5.74) is 6.73. The van der Waals surface area contributed by atoms with Crippen LogP contribution in [0.3, 0.4) is 0 Å². The molecule has 1 aromatic heterocycles. The van der Waals surface area contributed by atoms with E-state index in [9.17, 15) is 9.18 Å². The second kappa shape index (κ2) is 6.24. The van der Waals surface area contributed by atoms with E-state index < -0.39 is 0 Å². The van der Waals surface area contributed by atoms with Crippen LogP contribution in [0.15, 0.2) is 36.5 Å². The van der Waals surface area contributed by atoms with Crippen molar-refractivity contribution in [3.63, 3.8) is 0 Å². The topological polar surface area (TPSA) is 64.2 Å². The van der Waals surface area contributed by atoms with E-state index in [1.807, 2.05) is 0 Å². The molecule has 0 aliphatic carbocycles. The van der Waals surface area contributed by atoms with Crippen molar-refractivity contribution in [2.75, 3.05) is 13.1 Å². The highest BCUT2D eigenvalue weighted by Crippen LogP contribution is 2.13. The zero-order valence-electron chi connectivity index (χ0n) is 11.3. The molecule has 1 amide bonds. The Morgan fingerprint density at radius 2 is 2.19 bits per heavy atom. The minimum Gasteiger partial charge on any atom is -0.336 e. The van der Waals surface area contributed by atoms with Crippen LogP contribution in [0.5, 0.6) is 0 Å². The first-order valence-corrected chi connectivity index (χ1v) is 6.50. The summed E-state index contributed by atoms with van der Waals surface area (Å²) in [7, 11) is 0. The number of rotatable bonds is 2. The van der Waals surface area contributed by atoms with Crippen molar-refractivity contribution in [1.82, 2.24) is 14.7 Å². The van der Waals surface area contributed by atoms with Gasteiger partial charge in [-0.3, -0.25) is 4.79 Å². The Kier molecular flexibility index (Phi) is 4.59. The fourth-order valence-corrected chi connectivity index (χ4v) is 2.33. The van der Waals surface area contributed by atoms with Gasteiger partial charge in [0, 0.05) is 25.3 Å². The Balaban J connectivity index is 0.00000161. The number of hydrogen-bond donors (Lipinski definition) is 1. The summed E-state index contributed by atoms with van der Waals surface area (Å²) < 4.78 is 14.7. The molecule has 7 heteroatoms. The van der Waals surface area contributed by atoms with Crippen molar-refractivity contribution >= 4 is 18.3 Å². The summed E-state index contributed by atoms with van der Waals surface area (Å²) in [5.74, 6) is -0.468. The Bertz CT molecular complexity index is 645. The van der Waals surface area contributed by atoms with E-state index in [-0.39, 0.29) is 30.2 Å². The van der Waals surface area contributed by atoms with Gasteiger partial charge in [-0.25, -0.2) is 9.07 Å². The number of nitrogens with two attached hydrogens (primary N) is 1. The average Bonchev–Trinajstić information content (AvgIpc) is 3.07. The molecule has 2 heterocycles. The molecule has 5 nitrogen and oxygen atoms in total. The Labute approximate surface area is 127 Å². The lowest BCUT2D eigenvalue weighted by atomic mass is 10.3. The lowest BCUT2D eigenvalue weighted by Crippen LogP contribution is -2.32. The van der Waals surface area contributed by atoms with Gasteiger partial charge in [-0.05, 0) is 30.7 Å².